The van der Waals surface area contributed by atoms with E-state index in [1.807, 2.05) is 49.1 Å². The summed E-state index contributed by atoms with van der Waals surface area (Å²) in [7, 11) is 1.27. The molecule has 0 bridgehead atoms. The first-order chi connectivity index (χ1) is 18.5. The molecule has 12 heteroatoms. The smallest absolute Gasteiger partial charge is 0.328 e. The van der Waals surface area contributed by atoms with Crippen molar-refractivity contribution in [2.24, 2.45) is 5.92 Å². The van der Waals surface area contributed by atoms with Gasteiger partial charge in [0.15, 0.2) is 5.69 Å². The summed E-state index contributed by atoms with van der Waals surface area (Å²) in [4.78, 5) is 52.8. The molecule has 11 nitrogen and oxygen atoms in total. The molecule has 210 valence electrons. The number of carbonyl (C=O) groups excluding carboxylic acids is 4. The fourth-order valence-electron chi connectivity index (χ4n) is 5.01. The first kappa shape index (κ1) is 28.6. The lowest BCUT2D eigenvalue weighted by Crippen LogP contribution is -2.55. The molecular formula is C27H36N6O5S. The average molecular weight is 557 g/mol. The zero-order valence-corrected chi connectivity index (χ0v) is 23.7. The van der Waals surface area contributed by atoms with E-state index in [1.54, 1.807) is 16.4 Å². The number of amides is 3. The van der Waals surface area contributed by atoms with Gasteiger partial charge in [-0.15, -0.1) is 16.9 Å². The Balaban J connectivity index is 1.42. The van der Waals surface area contributed by atoms with Gasteiger partial charge < -0.3 is 20.3 Å². The zero-order chi connectivity index (χ0) is 28.3. The van der Waals surface area contributed by atoms with Crippen molar-refractivity contribution in [2.45, 2.75) is 81.7 Å². The number of esters is 1. The third-order valence-corrected chi connectivity index (χ3v) is 8.62. The zero-order valence-electron chi connectivity index (χ0n) is 22.9. The van der Waals surface area contributed by atoms with E-state index < -0.39 is 29.9 Å². The van der Waals surface area contributed by atoms with Crippen LogP contribution in [0.3, 0.4) is 0 Å². The molecule has 1 aromatic heterocycles. The van der Waals surface area contributed by atoms with E-state index in [0.717, 1.165) is 5.56 Å². The lowest BCUT2D eigenvalue weighted by atomic mass is 9.98. The molecule has 0 spiro atoms. The lowest BCUT2D eigenvalue weighted by Gasteiger charge is -2.38. The maximum Gasteiger partial charge on any atom is 0.328 e. The standard InChI is InChI=1S/C27H36N6O5S/c1-16(2)11-18(24(35)29-19(26(37)38-5)12-17-9-7-6-8-10-17)28-25(36)20-14-32(31-30-20)15-21-27(3,4)39-23-13-22(34)33(21)23/h6-10,14,16,18-19,21,23H,11-13,15H2,1-5H3,(H,28,36)(H,29,35)/t18-,19-,21-,23+/m0/s1. The van der Waals surface area contributed by atoms with Crippen LogP contribution in [0.2, 0.25) is 0 Å². The third kappa shape index (κ3) is 6.60. The van der Waals surface area contributed by atoms with Crippen LogP contribution < -0.4 is 10.6 Å². The Labute approximate surface area is 232 Å². The van der Waals surface area contributed by atoms with E-state index in [9.17, 15) is 19.2 Å². The summed E-state index contributed by atoms with van der Waals surface area (Å²) in [5, 5.41) is 13.8. The van der Waals surface area contributed by atoms with Gasteiger partial charge in [-0.3, -0.25) is 14.4 Å². The number of rotatable bonds is 11. The minimum atomic E-state index is -0.905. The first-order valence-corrected chi connectivity index (χ1v) is 14.0. The van der Waals surface area contributed by atoms with Crippen LogP contribution in [0.5, 0.6) is 0 Å². The second-order valence-corrected chi connectivity index (χ2v) is 12.8. The number of carbonyl (C=O) groups is 4. The number of methoxy groups -OCH3 is 1. The quantitative estimate of drug-likeness (QED) is 0.316. The van der Waals surface area contributed by atoms with E-state index in [2.05, 4.69) is 34.8 Å². The summed E-state index contributed by atoms with van der Waals surface area (Å²) in [5.41, 5.74) is 0.935. The molecule has 2 fully saturated rings. The van der Waals surface area contributed by atoms with Crippen molar-refractivity contribution < 1.29 is 23.9 Å². The predicted molar refractivity (Wildman–Crippen MR) is 146 cm³/mol. The molecule has 0 saturated carbocycles. The second kappa shape index (κ2) is 11.8. The summed E-state index contributed by atoms with van der Waals surface area (Å²) in [6, 6.07) is 7.44. The summed E-state index contributed by atoms with van der Waals surface area (Å²) in [6.45, 7) is 8.51. The van der Waals surface area contributed by atoms with Gasteiger partial charge in [0.25, 0.3) is 5.91 Å². The van der Waals surface area contributed by atoms with Crippen molar-refractivity contribution in [3.63, 3.8) is 0 Å². The number of fused-ring (bicyclic) bond motifs is 1. The number of nitrogens with zero attached hydrogens (tertiary/aromatic N) is 4. The Hall–Kier alpha value is -3.41. The Morgan fingerprint density at radius 2 is 1.87 bits per heavy atom. The van der Waals surface area contributed by atoms with Gasteiger partial charge in [0.1, 0.15) is 12.1 Å². The average Bonchev–Trinajstić information content (AvgIpc) is 3.43. The number of β-lactam (4-membered cyclic amide) rings is 1. The molecule has 2 N–H and O–H groups in total. The molecular weight excluding hydrogens is 520 g/mol. The van der Waals surface area contributed by atoms with E-state index in [1.165, 1.54) is 13.3 Å². The number of nitrogens with one attached hydrogen (secondary N) is 2. The van der Waals surface area contributed by atoms with Gasteiger partial charge in [-0.05, 0) is 31.7 Å². The number of ether oxygens (including phenoxy) is 1. The normalized spacial score (nSPS) is 21.1. The van der Waals surface area contributed by atoms with Crippen molar-refractivity contribution in [1.82, 2.24) is 30.5 Å². The van der Waals surface area contributed by atoms with E-state index in [-0.39, 0.29) is 40.1 Å². The highest BCUT2D eigenvalue weighted by Gasteiger charge is 2.55. The lowest BCUT2D eigenvalue weighted by molar-refractivity contribution is -0.145. The minimum Gasteiger partial charge on any atom is -0.467 e. The first-order valence-electron chi connectivity index (χ1n) is 13.1. The summed E-state index contributed by atoms with van der Waals surface area (Å²) >= 11 is 1.77. The second-order valence-electron chi connectivity index (χ2n) is 11.0. The highest BCUT2D eigenvalue weighted by Crippen LogP contribution is 2.50. The molecule has 2 aliphatic heterocycles. The van der Waals surface area contributed by atoms with Crippen molar-refractivity contribution >= 4 is 35.5 Å². The molecule has 1 aromatic carbocycles. The van der Waals surface area contributed by atoms with E-state index in [0.29, 0.717) is 19.4 Å². The molecule has 2 aliphatic rings. The summed E-state index contributed by atoms with van der Waals surface area (Å²) in [6.07, 6.45) is 2.70. The number of aromatic nitrogens is 3. The highest BCUT2D eigenvalue weighted by atomic mass is 32.2. The molecule has 0 radical (unpaired) electrons. The molecule has 4 atom stereocenters. The maximum absolute atomic E-state index is 13.3. The van der Waals surface area contributed by atoms with Crippen LogP contribution in [0.15, 0.2) is 36.5 Å². The number of hydrogen-bond donors (Lipinski definition) is 2. The van der Waals surface area contributed by atoms with Crippen molar-refractivity contribution in [2.75, 3.05) is 7.11 Å². The van der Waals surface area contributed by atoms with Crippen molar-refractivity contribution in [3.05, 3.63) is 47.8 Å². The SMILES string of the molecule is COC(=O)[C@H](Cc1ccccc1)NC(=O)[C@H](CC(C)C)NC(=O)c1cn(C[C@@H]2N3C(=O)C[C@H]3SC2(C)C)nn1. The van der Waals surface area contributed by atoms with E-state index in [4.69, 9.17) is 4.74 Å². The Bertz CT molecular complexity index is 1220. The molecule has 4 rings (SSSR count). The van der Waals surface area contributed by atoms with Crippen molar-refractivity contribution in [1.29, 1.82) is 0 Å². The van der Waals surface area contributed by atoms with Gasteiger partial charge in [0.2, 0.25) is 11.8 Å². The van der Waals surface area contributed by atoms with Crippen molar-refractivity contribution in [3.8, 4) is 0 Å². The van der Waals surface area contributed by atoms with Gasteiger partial charge in [-0.25, -0.2) is 9.48 Å². The number of thioether (sulfide) groups is 1. The predicted octanol–water partition coefficient (Wildman–Crippen LogP) is 1.78. The number of hydrogen-bond acceptors (Lipinski definition) is 8. The van der Waals surface area contributed by atoms with Crippen LogP contribution >= 0.6 is 11.8 Å². The topological polar surface area (TPSA) is 136 Å². The monoisotopic (exact) mass is 556 g/mol. The summed E-state index contributed by atoms with van der Waals surface area (Å²) < 4.78 is 6.32. The molecule has 2 aromatic rings. The van der Waals surface area contributed by atoms with Crippen LogP contribution in [0.1, 0.15) is 56.6 Å². The number of benzene rings is 1. The van der Waals surface area contributed by atoms with Gasteiger partial charge in [-0.1, -0.05) is 49.4 Å². The summed E-state index contributed by atoms with van der Waals surface area (Å²) in [5.74, 6) is -1.38. The molecule has 39 heavy (non-hydrogen) atoms. The van der Waals surface area contributed by atoms with Crippen LogP contribution in [-0.4, -0.2) is 78.9 Å². The minimum absolute atomic E-state index is 0.0642. The van der Waals surface area contributed by atoms with E-state index >= 15 is 0 Å². The molecule has 3 heterocycles. The van der Waals surface area contributed by atoms with Crippen LogP contribution in [-0.2, 0) is 32.1 Å². The van der Waals surface area contributed by atoms with Gasteiger partial charge in [-0.2, -0.15) is 0 Å². The Morgan fingerprint density at radius 1 is 1.15 bits per heavy atom. The fourth-order valence-corrected chi connectivity index (χ4v) is 6.66. The van der Waals surface area contributed by atoms with Gasteiger partial charge >= 0.3 is 5.97 Å². The third-order valence-electron chi connectivity index (χ3n) is 7.07. The van der Waals surface area contributed by atoms with Gasteiger partial charge in [0.05, 0.1) is 37.7 Å². The van der Waals surface area contributed by atoms with Gasteiger partial charge in [0, 0.05) is 11.2 Å². The van der Waals surface area contributed by atoms with Crippen LogP contribution in [0, 0.1) is 5.92 Å². The molecule has 0 unspecified atom stereocenters. The van der Waals surface area contributed by atoms with Crippen LogP contribution in [0.25, 0.3) is 0 Å². The molecule has 2 saturated heterocycles. The largest absolute Gasteiger partial charge is 0.467 e. The fraction of sp³-hybridized carbons (Fsp3) is 0.556. The molecule has 3 amide bonds. The Morgan fingerprint density at radius 3 is 2.51 bits per heavy atom. The maximum atomic E-state index is 13.3. The molecule has 0 aliphatic carbocycles. The van der Waals surface area contributed by atoms with Crippen LogP contribution in [0.4, 0.5) is 0 Å². The Kier molecular flexibility index (Phi) is 8.63. The highest BCUT2D eigenvalue weighted by molar-refractivity contribution is 8.01.